The maximum absolute atomic E-state index is 13.0. The fourth-order valence-corrected chi connectivity index (χ4v) is 3.59. The highest BCUT2D eigenvalue weighted by atomic mass is 16.5. The van der Waals surface area contributed by atoms with Gasteiger partial charge < -0.3 is 19.1 Å². The van der Waals surface area contributed by atoms with E-state index in [4.69, 9.17) is 14.2 Å². The van der Waals surface area contributed by atoms with Gasteiger partial charge >= 0.3 is 0 Å². The summed E-state index contributed by atoms with van der Waals surface area (Å²) in [6.07, 6.45) is 2.45. The molecule has 0 radical (unpaired) electrons. The van der Waals surface area contributed by atoms with Crippen molar-refractivity contribution in [1.29, 1.82) is 0 Å². The lowest BCUT2D eigenvalue weighted by molar-refractivity contribution is 0.0768. The molecule has 0 saturated carbocycles. The number of hydrogen-bond donors (Lipinski definition) is 0. The first-order valence-corrected chi connectivity index (χ1v) is 9.22. The molecule has 0 aliphatic carbocycles. The Morgan fingerprint density at radius 2 is 1.82 bits per heavy atom. The standard InChI is InChI=1S/C22H22N2O4/c1-26-19-10-4-8-17(21(19)27-2)22(25)24-13-11-16(14-24)28-18-9-3-6-15-7-5-12-23-20(15)18/h3-10,12,16H,11,13-14H2,1-2H3. The van der Waals surface area contributed by atoms with Gasteiger partial charge in [0.2, 0.25) is 0 Å². The third-order valence-electron chi connectivity index (χ3n) is 4.95. The molecule has 6 nitrogen and oxygen atoms in total. The molecule has 1 atom stereocenters. The number of hydrogen-bond acceptors (Lipinski definition) is 5. The molecular weight excluding hydrogens is 356 g/mol. The van der Waals surface area contributed by atoms with Crippen molar-refractivity contribution >= 4 is 16.8 Å². The number of pyridine rings is 1. The summed E-state index contributed by atoms with van der Waals surface area (Å²) in [5.74, 6) is 1.66. The quantitative estimate of drug-likeness (QED) is 0.680. The first-order chi connectivity index (χ1) is 13.7. The number of likely N-dealkylation sites (tertiary alicyclic amines) is 1. The van der Waals surface area contributed by atoms with E-state index in [0.717, 1.165) is 23.1 Å². The summed E-state index contributed by atoms with van der Waals surface area (Å²) in [4.78, 5) is 19.3. The topological polar surface area (TPSA) is 60.9 Å². The Hall–Kier alpha value is -3.28. The molecule has 1 unspecified atom stereocenters. The molecule has 0 spiro atoms. The van der Waals surface area contributed by atoms with Gasteiger partial charge in [0.25, 0.3) is 5.91 Å². The van der Waals surface area contributed by atoms with E-state index in [1.807, 2.05) is 30.3 Å². The fraction of sp³-hybridized carbons (Fsp3) is 0.273. The zero-order chi connectivity index (χ0) is 19.5. The van der Waals surface area contributed by atoms with E-state index < -0.39 is 0 Å². The maximum Gasteiger partial charge on any atom is 0.257 e. The molecule has 2 aromatic carbocycles. The summed E-state index contributed by atoms with van der Waals surface area (Å²) in [7, 11) is 3.10. The summed E-state index contributed by atoms with van der Waals surface area (Å²) in [6, 6.07) is 15.1. The van der Waals surface area contributed by atoms with Crippen LogP contribution in [0, 0.1) is 0 Å². The number of fused-ring (bicyclic) bond motifs is 1. The van der Waals surface area contributed by atoms with Gasteiger partial charge in [-0.05, 0) is 24.3 Å². The number of amides is 1. The molecule has 1 saturated heterocycles. The first kappa shape index (κ1) is 18.1. The van der Waals surface area contributed by atoms with Crippen LogP contribution in [0.4, 0.5) is 0 Å². The van der Waals surface area contributed by atoms with Crippen molar-refractivity contribution in [3.05, 3.63) is 60.3 Å². The first-order valence-electron chi connectivity index (χ1n) is 9.22. The van der Waals surface area contributed by atoms with E-state index in [2.05, 4.69) is 4.98 Å². The van der Waals surface area contributed by atoms with Crippen LogP contribution >= 0.6 is 0 Å². The summed E-state index contributed by atoms with van der Waals surface area (Å²) >= 11 is 0. The van der Waals surface area contributed by atoms with Crippen molar-refractivity contribution in [2.24, 2.45) is 0 Å². The van der Waals surface area contributed by atoms with Crippen LogP contribution in [0.5, 0.6) is 17.2 Å². The van der Waals surface area contributed by atoms with Gasteiger partial charge in [-0.1, -0.05) is 24.3 Å². The molecule has 3 aromatic rings. The Morgan fingerprint density at radius 3 is 2.64 bits per heavy atom. The van der Waals surface area contributed by atoms with E-state index in [0.29, 0.717) is 30.2 Å². The molecule has 1 aliphatic heterocycles. The van der Waals surface area contributed by atoms with Gasteiger partial charge in [-0.3, -0.25) is 9.78 Å². The third-order valence-corrected chi connectivity index (χ3v) is 4.95. The number of methoxy groups -OCH3 is 2. The van der Waals surface area contributed by atoms with Gasteiger partial charge in [-0.25, -0.2) is 0 Å². The highest BCUT2D eigenvalue weighted by Gasteiger charge is 2.30. The monoisotopic (exact) mass is 378 g/mol. The molecule has 0 bridgehead atoms. The van der Waals surface area contributed by atoms with Crippen LogP contribution in [0.2, 0.25) is 0 Å². The number of para-hydroxylation sites is 2. The number of carbonyl (C=O) groups excluding carboxylic acids is 1. The number of aromatic nitrogens is 1. The minimum Gasteiger partial charge on any atom is -0.493 e. The highest BCUT2D eigenvalue weighted by molar-refractivity contribution is 5.98. The molecule has 1 aromatic heterocycles. The lowest BCUT2D eigenvalue weighted by Crippen LogP contribution is -2.31. The van der Waals surface area contributed by atoms with Gasteiger partial charge in [0.1, 0.15) is 17.4 Å². The predicted molar refractivity (Wildman–Crippen MR) is 106 cm³/mol. The summed E-state index contributed by atoms with van der Waals surface area (Å²) < 4.78 is 16.9. The normalized spacial score (nSPS) is 16.2. The van der Waals surface area contributed by atoms with Gasteiger partial charge in [0, 0.05) is 24.5 Å². The van der Waals surface area contributed by atoms with E-state index in [9.17, 15) is 4.79 Å². The van der Waals surface area contributed by atoms with E-state index in [1.165, 1.54) is 7.11 Å². The van der Waals surface area contributed by atoms with Crippen LogP contribution in [0.1, 0.15) is 16.8 Å². The van der Waals surface area contributed by atoms with Crippen molar-refractivity contribution in [2.45, 2.75) is 12.5 Å². The Bertz CT molecular complexity index is 999. The largest absolute Gasteiger partial charge is 0.493 e. The van der Waals surface area contributed by atoms with E-state index in [-0.39, 0.29) is 12.0 Å². The molecule has 4 rings (SSSR count). The van der Waals surface area contributed by atoms with Crippen molar-refractivity contribution in [1.82, 2.24) is 9.88 Å². The predicted octanol–water partition coefficient (Wildman–Crippen LogP) is 3.55. The highest BCUT2D eigenvalue weighted by Crippen LogP contribution is 2.33. The minimum absolute atomic E-state index is 0.0758. The van der Waals surface area contributed by atoms with Crippen LogP contribution < -0.4 is 14.2 Å². The number of rotatable bonds is 5. The van der Waals surface area contributed by atoms with Crippen LogP contribution in [0.25, 0.3) is 10.9 Å². The average molecular weight is 378 g/mol. The number of nitrogens with zero attached hydrogens (tertiary/aromatic N) is 2. The molecule has 0 N–H and O–H groups in total. The molecule has 1 aliphatic rings. The Morgan fingerprint density at radius 1 is 1.04 bits per heavy atom. The molecular formula is C22H22N2O4. The molecule has 144 valence electrons. The van der Waals surface area contributed by atoms with Crippen molar-refractivity contribution in [3.63, 3.8) is 0 Å². The van der Waals surface area contributed by atoms with Crippen molar-refractivity contribution < 1.29 is 19.0 Å². The fourth-order valence-electron chi connectivity index (χ4n) is 3.59. The molecule has 1 amide bonds. The Kier molecular flexibility index (Phi) is 5.02. The number of benzene rings is 2. The third kappa shape index (κ3) is 3.33. The zero-order valence-corrected chi connectivity index (χ0v) is 15.9. The maximum atomic E-state index is 13.0. The Balaban J connectivity index is 1.51. The second-order valence-corrected chi connectivity index (χ2v) is 6.65. The van der Waals surface area contributed by atoms with Crippen LogP contribution in [0.3, 0.4) is 0 Å². The lowest BCUT2D eigenvalue weighted by atomic mass is 10.1. The van der Waals surface area contributed by atoms with Gasteiger partial charge in [-0.15, -0.1) is 0 Å². The van der Waals surface area contributed by atoms with Crippen LogP contribution in [0.15, 0.2) is 54.7 Å². The van der Waals surface area contributed by atoms with E-state index >= 15 is 0 Å². The molecule has 2 heterocycles. The SMILES string of the molecule is COc1cccc(C(=O)N2CCC(Oc3cccc4cccnc34)C2)c1OC. The molecule has 6 heteroatoms. The van der Waals surface area contributed by atoms with Gasteiger partial charge in [0.15, 0.2) is 11.5 Å². The van der Waals surface area contributed by atoms with Crippen LogP contribution in [-0.4, -0.2) is 49.2 Å². The zero-order valence-electron chi connectivity index (χ0n) is 15.9. The second kappa shape index (κ2) is 7.76. The van der Waals surface area contributed by atoms with Gasteiger partial charge in [0.05, 0.1) is 26.3 Å². The smallest absolute Gasteiger partial charge is 0.257 e. The summed E-state index contributed by atoms with van der Waals surface area (Å²) in [5, 5.41) is 1.03. The number of carbonyl (C=O) groups is 1. The molecule has 28 heavy (non-hydrogen) atoms. The van der Waals surface area contributed by atoms with Crippen molar-refractivity contribution in [3.8, 4) is 17.2 Å². The Labute approximate surface area is 163 Å². The summed E-state index contributed by atoms with van der Waals surface area (Å²) in [5.41, 5.74) is 1.33. The summed E-state index contributed by atoms with van der Waals surface area (Å²) in [6.45, 7) is 1.14. The van der Waals surface area contributed by atoms with Gasteiger partial charge in [-0.2, -0.15) is 0 Å². The minimum atomic E-state index is -0.0853. The van der Waals surface area contributed by atoms with E-state index in [1.54, 1.807) is 36.4 Å². The molecule has 1 fully saturated rings. The average Bonchev–Trinajstić information content (AvgIpc) is 3.21. The second-order valence-electron chi connectivity index (χ2n) is 6.65. The lowest BCUT2D eigenvalue weighted by Gasteiger charge is -2.19. The van der Waals surface area contributed by atoms with Crippen LogP contribution in [-0.2, 0) is 0 Å². The number of ether oxygens (including phenoxy) is 3. The van der Waals surface area contributed by atoms with Crippen molar-refractivity contribution in [2.75, 3.05) is 27.3 Å².